The zero-order valence-corrected chi connectivity index (χ0v) is 12.5. The third-order valence-electron chi connectivity index (χ3n) is 6.30. The third kappa shape index (κ3) is 1.74. The highest BCUT2D eigenvalue weighted by molar-refractivity contribution is 5.36. The van der Waals surface area contributed by atoms with E-state index >= 15 is 0 Å². The lowest BCUT2D eigenvalue weighted by Crippen LogP contribution is -2.46. The number of nitrogens with zero attached hydrogens (tertiary/aromatic N) is 3. The van der Waals surface area contributed by atoms with Crippen LogP contribution in [0, 0.1) is 54.8 Å². The van der Waals surface area contributed by atoms with Gasteiger partial charge in [-0.2, -0.15) is 10.4 Å². The van der Waals surface area contributed by atoms with Crippen LogP contribution < -0.4 is 0 Å². The molecule has 3 heteroatoms. The molecule has 0 spiro atoms. The molecule has 0 unspecified atom stereocenters. The Morgan fingerprint density at radius 2 is 1.70 bits per heavy atom. The predicted molar refractivity (Wildman–Crippen MR) is 77.0 cm³/mol. The lowest BCUT2D eigenvalue weighted by atomic mass is 9.52. The zero-order valence-electron chi connectivity index (χ0n) is 12.5. The van der Waals surface area contributed by atoms with Crippen molar-refractivity contribution < 1.29 is 0 Å². The van der Waals surface area contributed by atoms with E-state index in [1.807, 2.05) is 6.92 Å². The van der Waals surface area contributed by atoms with Crippen molar-refractivity contribution in [3.05, 3.63) is 17.0 Å². The van der Waals surface area contributed by atoms with Crippen molar-refractivity contribution in [3.8, 4) is 6.07 Å². The van der Waals surface area contributed by atoms with E-state index in [0.717, 1.165) is 53.1 Å². The van der Waals surface area contributed by atoms with Crippen LogP contribution in [0.1, 0.15) is 49.1 Å². The first-order valence-corrected chi connectivity index (χ1v) is 8.09. The fraction of sp³-hybridized carbons (Fsp3) is 0.765. The van der Waals surface area contributed by atoms with Gasteiger partial charge in [-0.05, 0) is 75.5 Å². The predicted octanol–water partition coefficient (Wildman–Crippen LogP) is 3.44. The number of nitriles is 1. The maximum absolute atomic E-state index is 9.22. The van der Waals surface area contributed by atoms with Crippen molar-refractivity contribution in [1.29, 1.82) is 5.26 Å². The molecule has 1 aromatic heterocycles. The van der Waals surface area contributed by atoms with E-state index < -0.39 is 0 Å². The van der Waals surface area contributed by atoms with Gasteiger partial charge in [0.25, 0.3) is 0 Å². The fourth-order valence-electron chi connectivity index (χ4n) is 5.57. The first-order chi connectivity index (χ1) is 9.65. The van der Waals surface area contributed by atoms with Crippen LogP contribution in [0.15, 0.2) is 0 Å². The quantitative estimate of drug-likeness (QED) is 0.825. The van der Waals surface area contributed by atoms with E-state index in [0.29, 0.717) is 0 Å². The van der Waals surface area contributed by atoms with Crippen molar-refractivity contribution in [2.45, 2.75) is 52.5 Å². The lowest BCUT2D eigenvalue weighted by Gasteiger charge is -2.54. The van der Waals surface area contributed by atoms with Crippen LogP contribution in [0.25, 0.3) is 0 Å². The van der Waals surface area contributed by atoms with Crippen LogP contribution in [-0.2, 0) is 6.54 Å². The number of aromatic nitrogens is 2. The van der Waals surface area contributed by atoms with Gasteiger partial charge in [-0.25, -0.2) is 0 Å². The molecule has 4 aliphatic rings. The van der Waals surface area contributed by atoms with Gasteiger partial charge in [0.15, 0.2) is 0 Å². The molecule has 0 aliphatic heterocycles. The molecule has 4 saturated carbocycles. The number of aryl methyl sites for hydroxylation is 1. The molecule has 0 atom stereocenters. The molecule has 0 N–H and O–H groups in total. The minimum absolute atomic E-state index is 0.786. The van der Waals surface area contributed by atoms with Gasteiger partial charge in [0.1, 0.15) is 6.07 Å². The highest BCUT2D eigenvalue weighted by atomic mass is 15.3. The van der Waals surface area contributed by atoms with Gasteiger partial charge >= 0.3 is 0 Å². The van der Waals surface area contributed by atoms with E-state index in [4.69, 9.17) is 0 Å². The van der Waals surface area contributed by atoms with Crippen LogP contribution >= 0.6 is 0 Å². The standard InChI is InChI=1S/C17H23N3/c1-10-16(8-18)11(2)20(19-10)9-17-14-4-12-3-13(6-14)7-15(17)5-12/h12-15,17H,3-7,9H2,1-2H3. The fourth-order valence-corrected chi connectivity index (χ4v) is 5.57. The molecule has 4 fully saturated rings. The Balaban J connectivity index is 1.59. The smallest absolute Gasteiger partial charge is 0.103 e. The van der Waals surface area contributed by atoms with Gasteiger partial charge in [-0.3, -0.25) is 4.68 Å². The lowest BCUT2D eigenvalue weighted by molar-refractivity contribution is -0.0444. The average Bonchev–Trinajstić information content (AvgIpc) is 2.67. The highest BCUT2D eigenvalue weighted by Crippen LogP contribution is 2.56. The Labute approximate surface area is 121 Å². The second kappa shape index (κ2) is 4.35. The van der Waals surface area contributed by atoms with Crippen LogP contribution in [0.2, 0.25) is 0 Å². The molecule has 5 rings (SSSR count). The summed E-state index contributed by atoms with van der Waals surface area (Å²) in [5, 5.41) is 13.8. The van der Waals surface area contributed by atoms with Crippen molar-refractivity contribution in [2.75, 3.05) is 0 Å². The second-order valence-corrected chi connectivity index (χ2v) is 7.43. The SMILES string of the molecule is Cc1nn(CC2C3CC4CC(C3)CC2C4)c(C)c1C#N. The van der Waals surface area contributed by atoms with Gasteiger partial charge in [-0.1, -0.05) is 0 Å². The summed E-state index contributed by atoms with van der Waals surface area (Å²) < 4.78 is 2.13. The zero-order chi connectivity index (χ0) is 13.9. The molecule has 1 aromatic rings. The van der Waals surface area contributed by atoms with Gasteiger partial charge in [0, 0.05) is 6.54 Å². The van der Waals surface area contributed by atoms with Gasteiger partial charge in [0.2, 0.25) is 0 Å². The van der Waals surface area contributed by atoms with Crippen LogP contribution in [0.5, 0.6) is 0 Å². The van der Waals surface area contributed by atoms with Gasteiger partial charge < -0.3 is 0 Å². The normalized spacial score (nSPS) is 38.1. The first kappa shape index (κ1) is 12.4. The first-order valence-electron chi connectivity index (χ1n) is 8.09. The van der Waals surface area contributed by atoms with Crippen LogP contribution in [-0.4, -0.2) is 9.78 Å². The summed E-state index contributed by atoms with van der Waals surface area (Å²) in [4.78, 5) is 0. The topological polar surface area (TPSA) is 41.6 Å². The minimum atomic E-state index is 0.786. The molecular weight excluding hydrogens is 246 g/mol. The molecule has 106 valence electrons. The molecule has 4 aliphatic carbocycles. The van der Waals surface area contributed by atoms with Gasteiger partial charge in [-0.15, -0.1) is 0 Å². The van der Waals surface area contributed by atoms with Crippen LogP contribution in [0.3, 0.4) is 0 Å². The molecule has 0 amide bonds. The summed E-state index contributed by atoms with van der Waals surface area (Å²) in [6.45, 7) is 5.05. The van der Waals surface area contributed by atoms with E-state index in [9.17, 15) is 5.26 Å². The maximum Gasteiger partial charge on any atom is 0.103 e. The van der Waals surface area contributed by atoms with Crippen LogP contribution in [0.4, 0.5) is 0 Å². The van der Waals surface area contributed by atoms with E-state index in [2.05, 4.69) is 22.8 Å². The Morgan fingerprint density at radius 3 is 2.20 bits per heavy atom. The molecule has 1 heterocycles. The molecule has 0 aromatic carbocycles. The monoisotopic (exact) mass is 269 g/mol. The summed E-state index contributed by atoms with van der Waals surface area (Å²) in [5.74, 6) is 4.74. The van der Waals surface area contributed by atoms with Gasteiger partial charge in [0.05, 0.1) is 17.0 Å². The van der Waals surface area contributed by atoms with Crippen molar-refractivity contribution in [1.82, 2.24) is 9.78 Å². The molecular formula is C17H23N3. The Hall–Kier alpha value is -1.30. The Bertz CT molecular complexity index is 550. The second-order valence-electron chi connectivity index (χ2n) is 7.43. The molecule has 20 heavy (non-hydrogen) atoms. The number of rotatable bonds is 2. The molecule has 0 radical (unpaired) electrons. The third-order valence-corrected chi connectivity index (χ3v) is 6.30. The van der Waals surface area contributed by atoms with Crippen molar-refractivity contribution in [3.63, 3.8) is 0 Å². The summed E-state index contributed by atoms with van der Waals surface area (Å²) in [7, 11) is 0. The number of hydrogen-bond donors (Lipinski definition) is 0. The van der Waals surface area contributed by atoms with Crippen molar-refractivity contribution in [2.24, 2.45) is 29.6 Å². The molecule has 0 saturated heterocycles. The summed E-state index contributed by atoms with van der Waals surface area (Å²) in [6, 6.07) is 2.30. The minimum Gasteiger partial charge on any atom is -0.268 e. The average molecular weight is 269 g/mol. The molecule has 3 nitrogen and oxygen atoms in total. The number of hydrogen-bond acceptors (Lipinski definition) is 2. The van der Waals surface area contributed by atoms with E-state index in [1.165, 1.54) is 32.1 Å². The Kier molecular flexibility index (Phi) is 2.70. The maximum atomic E-state index is 9.22. The van der Waals surface area contributed by atoms with E-state index in [1.54, 1.807) is 0 Å². The largest absolute Gasteiger partial charge is 0.268 e. The van der Waals surface area contributed by atoms with E-state index in [-0.39, 0.29) is 0 Å². The molecule has 4 bridgehead atoms. The van der Waals surface area contributed by atoms with Crippen molar-refractivity contribution >= 4 is 0 Å². The Morgan fingerprint density at radius 1 is 1.10 bits per heavy atom. The highest BCUT2D eigenvalue weighted by Gasteiger charge is 2.48. The summed E-state index contributed by atoms with van der Waals surface area (Å²) in [6.07, 6.45) is 7.35. The summed E-state index contributed by atoms with van der Waals surface area (Å²) >= 11 is 0. The summed E-state index contributed by atoms with van der Waals surface area (Å²) in [5.41, 5.74) is 2.75.